The van der Waals surface area contributed by atoms with Crippen LogP contribution in [0.1, 0.15) is 0 Å². The molecule has 2 heterocycles. The van der Waals surface area contributed by atoms with Crippen LogP contribution in [0.15, 0.2) is 24.4 Å². The first-order valence-corrected chi connectivity index (χ1v) is 4.26. The third-order valence-corrected chi connectivity index (χ3v) is 2.03. The molecule has 3 heteroatoms. The lowest BCUT2D eigenvalue weighted by molar-refractivity contribution is 0.747. The molecule has 0 aromatic carbocycles. The highest BCUT2D eigenvalue weighted by atomic mass is 15.2. The van der Waals surface area contributed by atoms with Gasteiger partial charge in [-0.2, -0.15) is 0 Å². The van der Waals surface area contributed by atoms with Crippen LogP contribution < -0.4 is 4.90 Å². The molecule has 0 aliphatic carbocycles. The molecule has 0 amide bonds. The van der Waals surface area contributed by atoms with Crippen molar-refractivity contribution in [2.24, 2.45) is 0 Å². The van der Waals surface area contributed by atoms with Gasteiger partial charge in [-0.1, -0.05) is 6.07 Å². The average Bonchev–Trinajstić information content (AvgIpc) is 2.21. The minimum atomic E-state index is 0.941. The van der Waals surface area contributed by atoms with Gasteiger partial charge in [0.15, 0.2) is 0 Å². The number of anilines is 1. The Morgan fingerprint density at radius 3 is 2.75 bits per heavy atom. The predicted molar refractivity (Wildman–Crippen MR) is 49.5 cm³/mol. The van der Waals surface area contributed by atoms with Crippen molar-refractivity contribution >= 4 is 5.82 Å². The van der Waals surface area contributed by atoms with E-state index in [2.05, 4.69) is 15.2 Å². The van der Waals surface area contributed by atoms with Crippen molar-refractivity contribution in [1.29, 1.82) is 0 Å². The van der Waals surface area contributed by atoms with Crippen LogP contribution in [-0.4, -0.2) is 31.2 Å². The first kappa shape index (κ1) is 7.55. The maximum atomic E-state index is 4.29. The molecule has 1 saturated heterocycles. The lowest BCUT2D eigenvalue weighted by Crippen LogP contribution is -2.34. The van der Waals surface area contributed by atoms with Gasteiger partial charge in [-0.3, -0.25) is 0 Å². The van der Waals surface area contributed by atoms with E-state index >= 15 is 0 Å². The topological polar surface area (TPSA) is 30.2 Å². The molecule has 0 N–H and O–H groups in total. The van der Waals surface area contributed by atoms with Crippen molar-refractivity contribution in [3.05, 3.63) is 29.7 Å². The SMILES string of the molecule is c1ccc(N2CC[N-]CC2)nc1. The molecule has 1 fully saturated rings. The summed E-state index contributed by atoms with van der Waals surface area (Å²) >= 11 is 0. The first-order valence-electron chi connectivity index (χ1n) is 4.26. The van der Waals surface area contributed by atoms with Gasteiger partial charge < -0.3 is 10.2 Å². The number of aromatic nitrogens is 1. The number of hydrogen-bond acceptors (Lipinski definition) is 2. The number of piperazine rings is 1. The Labute approximate surface area is 72.4 Å². The van der Waals surface area contributed by atoms with Crippen molar-refractivity contribution in [3.8, 4) is 0 Å². The van der Waals surface area contributed by atoms with Gasteiger partial charge in [0.05, 0.1) is 0 Å². The Balaban J connectivity index is 2.08. The Morgan fingerprint density at radius 1 is 1.25 bits per heavy atom. The Kier molecular flexibility index (Phi) is 2.23. The summed E-state index contributed by atoms with van der Waals surface area (Å²) < 4.78 is 0. The summed E-state index contributed by atoms with van der Waals surface area (Å²) in [6.07, 6.45) is 1.83. The molecule has 0 spiro atoms. The molecule has 12 heavy (non-hydrogen) atoms. The van der Waals surface area contributed by atoms with Crippen LogP contribution in [0.4, 0.5) is 5.82 Å². The number of pyridine rings is 1. The summed E-state index contributed by atoms with van der Waals surface area (Å²) in [5.41, 5.74) is 0. The van der Waals surface area contributed by atoms with E-state index in [-0.39, 0.29) is 0 Å². The average molecular weight is 162 g/mol. The van der Waals surface area contributed by atoms with Crippen LogP contribution in [0, 0.1) is 0 Å². The normalized spacial score (nSPS) is 17.8. The minimum absolute atomic E-state index is 0.941. The molecule has 64 valence electrons. The monoisotopic (exact) mass is 162 g/mol. The van der Waals surface area contributed by atoms with Gasteiger partial charge >= 0.3 is 0 Å². The fourth-order valence-corrected chi connectivity index (χ4v) is 1.38. The largest absolute Gasteiger partial charge is 0.659 e. The minimum Gasteiger partial charge on any atom is -0.659 e. The Bertz CT molecular complexity index is 229. The summed E-state index contributed by atoms with van der Waals surface area (Å²) in [5.74, 6) is 1.08. The number of rotatable bonds is 1. The predicted octanol–water partition coefficient (Wildman–Crippen LogP) is 1.28. The molecular weight excluding hydrogens is 150 g/mol. The van der Waals surface area contributed by atoms with E-state index in [1.165, 1.54) is 0 Å². The summed E-state index contributed by atoms with van der Waals surface area (Å²) in [4.78, 5) is 6.56. The molecule has 1 aromatic rings. The fourth-order valence-electron chi connectivity index (χ4n) is 1.38. The van der Waals surface area contributed by atoms with Crippen molar-refractivity contribution in [2.45, 2.75) is 0 Å². The van der Waals surface area contributed by atoms with Crippen molar-refractivity contribution in [3.63, 3.8) is 0 Å². The Hall–Kier alpha value is -1.09. The summed E-state index contributed by atoms with van der Waals surface area (Å²) in [6, 6.07) is 6.01. The van der Waals surface area contributed by atoms with E-state index < -0.39 is 0 Å². The van der Waals surface area contributed by atoms with Crippen LogP contribution in [0.2, 0.25) is 0 Å². The molecular formula is C9H12N3-. The standard InChI is InChI=1S/C9H12N3/c1-2-4-11-9(3-1)12-7-5-10-6-8-12/h1-4H,5-8H2/q-1. The molecule has 3 nitrogen and oxygen atoms in total. The van der Waals surface area contributed by atoms with Gasteiger partial charge in [-0.25, -0.2) is 4.98 Å². The van der Waals surface area contributed by atoms with E-state index in [0.717, 1.165) is 32.0 Å². The molecule has 0 unspecified atom stereocenters. The molecule has 1 aliphatic heterocycles. The molecule has 0 bridgehead atoms. The third-order valence-electron chi connectivity index (χ3n) is 2.03. The van der Waals surface area contributed by atoms with E-state index in [4.69, 9.17) is 0 Å². The smallest absolute Gasteiger partial charge is 0.128 e. The van der Waals surface area contributed by atoms with Crippen LogP contribution in [0.25, 0.3) is 5.32 Å². The molecule has 1 aromatic heterocycles. The van der Waals surface area contributed by atoms with Gasteiger partial charge in [-0.05, 0) is 12.1 Å². The highest BCUT2D eigenvalue weighted by Gasteiger charge is 2.04. The van der Waals surface area contributed by atoms with Gasteiger partial charge in [0, 0.05) is 19.3 Å². The fraction of sp³-hybridized carbons (Fsp3) is 0.444. The molecule has 0 atom stereocenters. The van der Waals surface area contributed by atoms with Gasteiger partial charge in [-0.15, -0.1) is 13.1 Å². The van der Waals surface area contributed by atoms with E-state index in [0.29, 0.717) is 0 Å². The number of hydrogen-bond donors (Lipinski definition) is 0. The molecule has 0 radical (unpaired) electrons. The lowest BCUT2D eigenvalue weighted by Gasteiger charge is -2.35. The van der Waals surface area contributed by atoms with Crippen molar-refractivity contribution < 1.29 is 0 Å². The zero-order chi connectivity index (χ0) is 8.23. The molecule has 0 saturated carbocycles. The first-order chi connectivity index (χ1) is 5.97. The van der Waals surface area contributed by atoms with Crippen LogP contribution in [0.5, 0.6) is 0 Å². The van der Waals surface area contributed by atoms with Crippen LogP contribution in [0.3, 0.4) is 0 Å². The maximum absolute atomic E-state index is 4.29. The Morgan fingerprint density at radius 2 is 2.08 bits per heavy atom. The van der Waals surface area contributed by atoms with E-state index in [1.54, 1.807) is 0 Å². The van der Waals surface area contributed by atoms with Crippen LogP contribution in [-0.2, 0) is 0 Å². The van der Waals surface area contributed by atoms with E-state index in [9.17, 15) is 0 Å². The zero-order valence-corrected chi connectivity index (χ0v) is 6.98. The second kappa shape index (κ2) is 3.54. The highest BCUT2D eigenvalue weighted by Crippen LogP contribution is 2.11. The third kappa shape index (κ3) is 1.56. The second-order valence-electron chi connectivity index (χ2n) is 2.85. The van der Waals surface area contributed by atoms with Gasteiger partial charge in [0.1, 0.15) is 5.82 Å². The van der Waals surface area contributed by atoms with Crippen molar-refractivity contribution in [1.82, 2.24) is 4.98 Å². The summed E-state index contributed by atoms with van der Waals surface area (Å²) in [6.45, 7) is 3.90. The molecule has 1 aliphatic rings. The van der Waals surface area contributed by atoms with Gasteiger partial charge in [0.25, 0.3) is 0 Å². The van der Waals surface area contributed by atoms with E-state index in [1.807, 2.05) is 24.4 Å². The summed E-state index contributed by atoms with van der Waals surface area (Å²) in [7, 11) is 0. The second-order valence-corrected chi connectivity index (χ2v) is 2.85. The van der Waals surface area contributed by atoms with Crippen molar-refractivity contribution in [2.75, 3.05) is 31.1 Å². The summed E-state index contributed by atoms with van der Waals surface area (Å²) in [5, 5.41) is 4.28. The highest BCUT2D eigenvalue weighted by molar-refractivity contribution is 5.39. The quantitative estimate of drug-likeness (QED) is 0.622. The van der Waals surface area contributed by atoms with Gasteiger partial charge in [0.2, 0.25) is 0 Å². The van der Waals surface area contributed by atoms with Crippen LogP contribution >= 0.6 is 0 Å². The lowest BCUT2D eigenvalue weighted by atomic mass is 10.3. The molecule has 2 rings (SSSR count). The zero-order valence-electron chi connectivity index (χ0n) is 6.98. The maximum Gasteiger partial charge on any atom is 0.128 e. The number of nitrogens with zero attached hydrogens (tertiary/aromatic N) is 3.